The van der Waals surface area contributed by atoms with Crippen molar-refractivity contribution in [1.82, 2.24) is 39.1 Å². The topological polar surface area (TPSA) is 106 Å². The van der Waals surface area contributed by atoms with Gasteiger partial charge in [0.2, 0.25) is 5.88 Å². The maximum atomic E-state index is 11.8. The van der Waals surface area contributed by atoms with Gasteiger partial charge in [0, 0.05) is 25.9 Å². The summed E-state index contributed by atoms with van der Waals surface area (Å²) < 4.78 is 10.3. The number of imidazole rings is 1. The van der Waals surface area contributed by atoms with Gasteiger partial charge >= 0.3 is 0 Å². The molecule has 0 unspecified atom stereocenters. The summed E-state index contributed by atoms with van der Waals surface area (Å²) in [5, 5.41) is 8.91. The Balaban J connectivity index is 1.74. The van der Waals surface area contributed by atoms with Crippen molar-refractivity contribution in [3.63, 3.8) is 0 Å². The van der Waals surface area contributed by atoms with Crippen LogP contribution in [0.25, 0.3) is 39.6 Å². The molecule has 0 saturated carbocycles. The first kappa shape index (κ1) is 19.6. The molecule has 0 aliphatic carbocycles. The van der Waals surface area contributed by atoms with E-state index in [-0.39, 0.29) is 5.56 Å². The van der Waals surface area contributed by atoms with Gasteiger partial charge in [-0.2, -0.15) is 10.1 Å². The highest BCUT2D eigenvalue weighted by molar-refractivity contribution is 5.86. The Morgan fingerprint density at radius 3 is 2.56 bits per heavy atom. The Kier molecular flexibility index (Phi) is 4.74. The SMILES string of the molecule is CCn1cnc2c(-c3ccc(=O)n(C)n3)nc(-n3cc(-c4ccccc4)c(OC)n3)nc21. The van der Waals surface area contributed by atoms with Gasteiger partial charge in [-0.1, -0.05) is 30.3 Å². The average Bonchev–Trinajstić information content (AvgIpc) is 3.45. The van der Waals surface area contributed by atoms with E-state index in [1.165, 1.54) is 10.7 Å². The van der Waals surface area contributed by atoms with Crippen LogP contribution in [0.15, 0.2) is 59.8 Å². The second-order valence-electron chi connectivity index (χ2n) is 7.12. The smallest absolute Gasteiger partial charge is 0.266 e. The lowest BCUT2D eigenvalue weighted by molar-refractivity contribution is 0.395. The first-order valence-corrected chi connectivity index (χ1v) is 10.1. The second-order valence-corrected chi connectivity index (χ2v) is 7.12. The number of hydrogen-bond acceptors (Lipinski definition) is 7. The average molecular weight is 428 g/mol. The molecule has 0 aliphatic heterocycles. The van der Waals surface area contributed by atoms with Crippen LogP contribution in [-0.2, 0) is 13.6 Å². The monoisotopic (exact) mass is 428 g/mol. The lowest BCUT2D eigenvalue weighted by Crippen LogP contribution is -2.18. The van der Waals surface area contributed by atoms with Gasteiger partial charge in [0.25, 0.3) is 11.5 Å². The lowest BCUT2D eigenvalue weighted by atomic mass is 10.1. The largest absolute Gasteiger partial charge is 0.479 e. The van der Waals surface area contributed by atoms with Crippen molar-refractivity contribution in [2.24, 2.45) is 7.05 Å². The summed E-state index contributed by atoms with van der Waals surface area (Å²) in [4.78, 5) is 25.8. The number of aromatic nitrogens is 8. The third-order valence-electron chi connectivity index (χ3n) is 5.16. The Morgan fingerprint density at radius 2 is 1.84 bits per heavy atom. The Labute approximate surface area is 182 Å². The molecule has 0 N–H and O–H groups in total. The summed E-state index contributed by atoms with van der Waals surface area (Å²) in [5.41, 5.74) is 3.87. The summed E-state index contributed by atoms with van der Waals surface area (Å²) in [6.07, 6.45) is 3.55. The summed E-state index contributed by atoms with van der Waals surface area (Å²) in [7, 11) is 3.18. The molecule has 0 bridgehead atoms. The second kappa shape index (κ2) is 7.73. The van der Waals surface area contributed by atoms with E-state index in [9.17, 15) is 4.79 Å². The summed E-state index contributed by atoms with van der Waals surface area (Å²) >= 11 is 0. The number of hydrogen-bond donors (Lipinski definition) is 0. The molecule has 10 heteroatoms. The van der Waals surface area contributed by atoms with Crippen LogP contribution < -0.4 is 10.3 Å². The van der Waals surface area contributed by atoms with Gasteiger partial charge in [-0.3, -0.25) is 4.79 Å². The van der Waals surface area contributed by atoms with Crippen LogP contribution in [0.1, 0.15) is 6.92 Å². The predicted molar refractivity (Wildman–Crippen MR) is 119 cm³/mol. The van der Waals surface area contributed by atoms with Crippen LogP contribution in [0.2, 0.25) is 0 Å². The molecule has 0 aliphatic rings. The van der Waals surface area contributed by atoms with Crippen molar-refractivity contribution in [2.45, 2.75) is 13.5 Å². The fourth-order valence-electron chi connectivity index (χ4n) is 3.50. The third-order valence-corrected chi connectivity index (χ3v) is 5.16. The van der Waals surface area contributed by atoms with Crippen molar-refractivity contribution in [2.75, 3.05) is 7.11 Å². The molecule has 10 nitrogen and oxygen atoms in total. The lowest BCUT2D eigenvalue weighted by Gasteiger charge is -2.07. The van der Waals surface area contributed by atoms with Gasteiger partial charge in [-0.25, -0.2) is 19.3 Å². The number of benzene rings is 1. The highest BCUT2D eigenvalue weighted by Gasteiger charge is 2.19. The number of methoxy groups -OCH3 is 1. The Hall–Kier alpha value is -4.34. The van der Waals surface area contributed by atoms with Crippen LogP contribution in [0.5, 0.6) is 5.88 Å². The van der Waals surface area contributed by atoms with Gasteiger partial charge in [0.05, 0.1) is 19.0 Å². The fraction of sp³-hybridized carbons (Fsp3) is 0.182. The molecular weight excluding hydrogens is 408 g/mol. The van der Waals surface area contributed by atoms with Gasteiger partial charge in [0.15, 0.2) is 5.65 Å². The highest BCUT2D eigenvalue weighted by atomic mass is 16.5. The van der Waals surface area contributed by atoms with E-state index >= 15 is 0 Å². The van der Waals surface area contributed by atoms with E-state index < -0.39 is 0 Å². The molecule has 160 valence electrons. The predicted octanol–water partition coefficient (Wildman–Crippen LogP) is 2.47. The Bertz CT molecular complexity index is 1480. The molecule has 0 saturated heterocycles. The highest BCUT2D eigenvalue weighted by Crippen LogP contribution is 2.30. The molecule has 32 heavy (non-hydrogen) atoms. The normalized spacial score (nSPS) is 11.2. The van der Waals surface area contributed by atoms with Crippen molar-refractivity contribution in [3.05, 3.63) is 65.3 Å². The van der Waals surface area contributed by atoms with Crippen molar-refractivity contribution in [1.29, 1.82) is 0 Å². The molecule has 4 heterocycles. The molecule has 0 amide bonds. The van der Waals surface area contributed by atoms with E-state index in [0.29, 0.717) is 40.9 Å². The van der Waals surface area contributed by atoms with E-state index in [0.717, 1.165) is 11.1 Å². The molecule has 5 rings (SSSR count). The minimum absolute atomic E-state index is 0.206. The van der Waals surface area contributed by atoms with Crippen LogP contribution >= 0.6 is 0 Å². The molecule has 0 spiro atoms. The number of aryl methyl sites for hydroxylation is 2. The van der Waals surface area contributed by atoms with Crippen LogP contribution in [0, 0.1) is 0 Å². The molecule has 0 radical (unpaired) electrons. The Morgan fingerprint density at radius 1 is 1.03 bits per heavy atom. The van der Waals surface area contributed by atoms with E-state index in [2.05, 4.69) is 15.2 Å². The molecule has 4 aromatic heterocycles. The van der Waals surface area contributed by atoms with Gasteiger partial charge in [0.1, 0.15) is 16.9 Å². The number of ether oxygens (including phenoxy) is 1. The maximum Gasteiger partial charge on any atom is 0.266 e. The van der Waals surface area contributed by atoms with E-state index in [4.69, 9.17) is 14.7 Å². The summed E-state index contributed by atoms with van der Waals surface area (Å²) in [6, 6.07) is 12.9. The number of rotatable bonds is 5. The van der Waals surface area contributed by atoms with Crippen LogP contribution in [-0.4, -0.2) is 46.2 Å². The molecule has 0 fully saturated rings. The fourth-order valence-corrected chi connectivity index (χ4v) is 3.50. The number of fused-ring (bicyclic) bond motifs is 1. The summed E-state index contributed by atoms with van der Waals surface area (Å²) in [5.74, 6) is 0.810. The first-order valence-electron chi connectivity index (χ1n) is 10.1. The zero-order valence-electron chi connectivity index (χ0n) is 17.8. The summed E-state index contributed by atoms with van der Waals surface area (Å²) in [6.45, 7) is 2.70. The van der Waals surface area contributed by atoms with Crippen LogP contribution in [0.3, 0.4) is 0 Å². The van der Waals surface area contributed by atoms with E-state index in [1.807, 2.05) is 48.0 Å². The third kappa shape index (κ3) is 3.22. The molecular formula is C22H20N8O2. The minimum Gasteiger partial charge on any atom is -0.479 e. The van der Waals surface area contributed by atoms with E-state index in [1.54, 1.807) is 31.2 Å². The molecule has 0 atom stereocenters. The maximum absolute atomic E-state index is 11.8. The van der Waals surface area contributed by atoms with Gasteiger partial charge < -0.3 is 9.30 Å². The standard InChI is InChI=1S/C22H20N8O2/c1-4-29-13-23-19-18(16-10-11-17(31)28(2)26-16)24-22(25-20(19)29)30-12-15(21(27-30)32-3)14-8-6-5-7-9-14/h5-13H,4H2,1-3H3. The zero-order chi connectivity index (χ0) is 22.2. The van der Waals surface area contributed by atoms with Crippen molar-refractivity contribution < 1.29 is 4.74 Å². The minimum atomic E-state index is -0.206. The first-order chi connectivity index (χ1) is 15.6. The van der Waals surface area contributed by atoms with Crippen molar-refractivity contribution >= 4 is 11.2 Å². The quantitative estimate of drug-likeness (QED) is 0.423. The molecule has 1 aromatic carbocycles. The van der Waals surface area contributed by atoms with Gasteiger partial charge in [-0.05, 0) is 18.6 Å². The van der Waals surface area contributed by atoms with Crippen molar-refractivity contribution in [3.8, 4) is 34.3 Å². The molecule has 5 aromatic rings. The van der Waals surface area contributed by atoms with Gasteiger partial charge in [-0.15, -0.1) is 5.10 Å². The zero-order valence-corrected chi connectivity index (χ0v) is 17.8. The van der Waals surface area contributed by atoms with Crippen LogP contribution in [0.4, 0.5) is 0 Å². The number of nitrogens with zero attached hydrogens (tertiary/aromatic N) is 8.